The van der Waals surface area contributed by atoms with Gasteiger partial charge in [0, 0.05) is 37.3 Å². The minimum Gasteiger partial charge on any atom is -0.491 e. The zero-order chi connectivity index (χ0) is 43.9. The molecule has 5 nitrogen and oxygen atoms in total. The van der Waals surface area contributed by atoms with E-state index in [0.717, 1.165) is 107 Å². The first kappa shape index (κ1) is 45.5. The smallest absolute Gasteiger partial charge is 0.271 e. The third-order valence-electron chi connectivity index (χ3n) is 12.9. The van der Waals surface area contributed by atoms with Crippen LogP contribution in [0.4, 0.5) is 0 Å². The number of fused-ring (bicyclic) bond motifs is 5. The van der Waals surface area contributed by atoms with E-state index >= 15 is 0 Å². The van der Waals surface area contributed by atoms with Crippen molar-refractivity contribution in [2.75, 3.05) is 19.8 Å². The lowest BCUT2D eigenvalue weighted by molar-refractivity contribution is 0.0653. The van der Waals surface area contributed by atoms with E-state index in [4.69, 9.17) is 9.47 Å². The number of amides is 2. The van der Waals surface area contributed by atoms with Gasteiger partial charge in [0.2, 0.25) is 0 Å². The lowest BCUT2D eigenvalue weighted by Crippen LogP contribution is -2.30. The summed E-state index contributed by atoms with van der Waals surface area (Å²) in [5.74, 6) is 2.53. The Bertz CT molecular complexity index is 2560. The maximum atomic E-state index is 14.4. The first-order valence-corrected chi connectivity index (χ1v) is 27.0. The fourth-order valence-corrected chi connectivity index (χ4v) is 14.2. The van der Waals surface area contributed by atoms with Crippen molar-refractivity contribution in [3.63, 3.8) is 0 Å². The monoisotopic (exact) mass is 917 g/mol. The third kappa shape index (κ3) is 9.54. The summed E-state index contributed by atoms with van der Waals surface area (Å²) in [4.78, 5) is 35.0. The number of hydrogen-bond donors (Lipinski definition) is 0. The van der Waals surface area contributed by atoms with Crippen molar-refractivity contribution >= 4 is 87.4 Å². The van der Waals surface area contributed by atoms with Crippen molar-refractivity contribution < 1.29 is 19.1 Å². The highest BCUT2D eigenvalue weighted by atomic mass is 32.1. The number of carbonyl (C=O) groups is 2. The fraction of sp³-hybridized carbons (Fsp3) is 0.444. The van der Waals surface area contributed by atoms with E-state index in [-0.39, 0.29) is 11.8 Å². The second-order valence-electron chi connectivity index (χ2n) is 17.4. The molecule has 2 unspecified atom stereocenters. The Balaban J connectivity index is 1.28. The number of unbranched alkanes of at least 4 members (excludes halogenated alkanes) is 7. The highest BCUT2D eigenvalue weighted by Gasteiger charge is 2.41. The van der Waals surface area contributed by atoms with Crippen molar-refractivity contribution in [2.24, 2.45) is 11.8 Å². The van der Waals surface area contributed by atoms with Gasteiger partial charge in [-0.25, -0.2) is 0 Å². The number of thiophene rings is 4. The predicted molar refractivity (Wildman–Crippen MR) is 273 cm³/mol. The Kier molecular flexibility index (Phi) is 15.4. The molecule has 9 heteroatoms. The summed E-state index contributed by atoms with van der Waals surface area (Å²) in [7, 11) is 0. The van der Waals surface area contributed by atoms with Crippen LogP contribution < -0.4 is 9.47 Å². The second kappa shape index (κ2) is 21.3. The van der Waals surface area contributed by atoms with Crippen LogP contribution in [-0.2, 0) is 0 Å². The molecule has 0 spiro atoms. The SMILES string of the molecule is CCCCCCCCN1C(=O)c2sc3c(-c4cc5c(OCC(CC)CCCC)c6sc(-c7ccccc7)cc6c(OCC(CC)CCCC)c5s4)sc(-c4ccccc4)c3c2C1=O. The van der Waals surface area contributed by atoms with Gasteiger partial charge in [-0.2, -0.15) is 0 Å². The molecule has 0 aliphatic carbocycles. The van der Waals surface area contributed by atoms with Gasteiger partial charge >= 0.3 is 0 Å². The minimum absolute atomic E-state index is 0.140. The van der Waals surface area contributed by atoms with Crippen LogP contribution in [0.3, 0.4) is 0 Å². The van der Waals surface area contributed by atoms with Crippen molar-refractivity contribution in [1.29, 1.82) is 0 Å². The maximum Gasteiger partial charge on any atom is 0.271 e. The Morgan fingerprint density at radius 3 is 1.65 bits per heavy atom. The number of carbonyl (C=O) groups excluding carboxylic acids is 2. The molecular weight excluding hydrogens is 855 g/mol. The van der Waals surface area contributed by atoms with Gasteiger partial charge in [-0.3, -0.25) is 14.5 Å². The van der Waals surface area contributed by atoms with Gasteiger partial charge < -0.3 is 9.47 Å². The van der Waals surface area contributed by atoms with Gasteiger partial charge in [0.05, 0.1) is 37.8 Å². The molecule has 0 radical (unpaired) electrons. The molecule has 2 atom stereocenters. The summed E-state index contributed by atoms with van der Waals surface area (Å²) in [5, 5.41) is 3.11. The first-order chi connectivity index (χ1) is 30.9. The lowest BCUT2D eigenvalue weighted by atomic mass is 10.0. The molecule has 0 N–H and O–H groups in total. The van der Waals surface area contributed by atoms with Crippen molar-refractivity contribution in [3.05, 3.63) is 83.2 Å². The molecule has 5 heterocycles. The highest BCUT2D eigenvalue weighted by Crippen LogP contribution is 2.57. The van der Waals surface area contributed by atoms with Gasteiger partial charge in [-0.1, -0.05) is 166 Å². The van der Waals surface area contributed by atoms with E-state index < -0.39 is 0 Å². The van der Waals surface area contributed by atoms with Crippen LogP contribution in [0, 0.1) is 11.8 Å². The Hall–Kier alpha value is -4.02. The first-order valence-electron chi connectivity index (χ1n) is 23.8. The van der Waals surface area contributed by atoms with E-state index in [1.165, 1.54) is 71.6 Å². The summed E-state index contributed by atoms with van der Waals surface area (Å²) in [6, 6.07) is 25.7. The molecule has 1 aliphatic heterocycles. The summed E-state index contributed by atoms with van der Waals surface area (Å²) in [5.41, 5.74) is 2.84. The number of ether oxygens (including phenoxy) is 2. The predicted octanol–water partition coefficient (Wildman–Crippen LogP) is 17.5. The van der Waals surface area contributed by atoms with Crippen LogP contribution in [0.5, 0.6) is 11.5 Å². The number of rotatable bonds is 24. The van der Waals surface area contributed by atoms with Gasteiger partial charge in [-0.05, 0) is 54.4 Å². The molecule has 0 fully saturated rings. The summed E-state index contributed by atoms with van der Waals surface area (Å²) >= 11 is 6.81. The zero-order valence-corrected chi connectivity index (χ0v) is 41.1. The summed E-state index contributed by atoms with van der Waals surface area (Å²) in [6.45, 7) is 13.1. The van der Waals surface area contributed by atoms with E-state index in [1.807, 2.05) is 6.07 Å². The average Bonchev–Trinajstić information content (AvgIpc) is 4.14. The third-order valence-corrected chi connectivity index (χ3v) is 17.9. The van der Waals surface area contributed by atoms with Crippen molar-refractivity contribution in [1.82, 2.24) is 4.90 Å². The van der Waals surface area contributed by atoms with Crippen LogP contribution in [-0.4, -0.2) is 36.5 Å². The average molecular weight is 918 g/mol. The van der Waals surface area contributed by atoms with E-state index in [1.54, 1.807) is 34.0 Å². The fourth-order valence-electron chi connectivity index (χ4n) is 8.96. The van der Waals surface area contributed by atoms with Gasteiger partial charge in [-0.15, -0.1) is 45.3 Å². The number of hydrogen-bond acceptors (Lipinski definition) is 8. The van der Waals surface area contributed by atoms with Crippen LogP contribution in [0.2, 0.25) is 0 Å². The maximum absolute atomic E-state index is 14.4. The summed E-state index contributed by atoms with van der Waals surface area (Å²) < 4.78 is 17.5. The van der Waals surface area contributed by atoms with Gasteiger partial charge in [0.15, 0.2) is 0 Å². The standard InChI is InChI=1S/C54H63NO4S4/c1-6-11-14-15-16-23-30-55-53(56)44-43-47(38-28-21-18-22-29-38)62-50(51(43)63-52(44)54(55)57)42-32-40-46(59-34-36(10-5)25-13-8-3)48-39(31-41(60-48)37-26-19-17-20-27-37)45(49(40)61-42)58-33-35(9-4)24-12-7-2/h17-22,26-29,31-32,35-36H,6-16,23-25,30,33-34H2,1-5H3. The normalized spacial score (nSPS) is 13.8. The topological polar surface area (TPSA) is 55.8 Å². The zero-order valence-electron chi connectivity index (χ0n) is 37.8. The molecule has 63 heavy (non-hydrogen) atoms. The number of benzene rings is 3. The van der Waals surface area contributed by atoms with Crippen LogP contribution in [0.15, 0.2) is 72.8 Å². The molecule has 8 rings (SSSR count). The Morgan fingerprint density at radius 2 is 1.06 bits per heavy atom. The van der Waals surface area contributed by atoms with Crippen LogP contribution in [0.25, 0.3) is 60.9 Å². The largest absolute Gasteiger partial charge is 0.491 e. The molecule has 1 aliphatic rings. The Labute approximate surface area is 390 Å². The lowest BCUT2D eigenvalue weighted by Gasteiger charge is -2.19. The molecule has 0 saturated carbocycles. The van der Waals surface area contributed by atoms with E-state index in [0.29, 0.717) is 42.0 Å². The molecule has 0 bridgehead atoms. The summed E-state index contributed by atoms with van der Waals surface area (Å²) in [6.07, 6.45) is 15.8. The highest BCUT2D eigenvalue weighted by molar-refractivity contribution is 7.33. The molecule has 3 aromatic carbocycles. The van der Waals surface area contributed by atoms with Crippen molar-refractivity contribution in [3.8, 4) is 42.1 Å². The molecule has 4 aromatic heterocycles. The second-order valence-corrected chi connectivity index (χ2v) is 21.5. The minimum atomic E-state index is -0.143. The molecule has 332 valence electrons. The number of imide groups is 1. The molecule has 7 aromatic rings. The molecule has 0 saturated heterocycles. The van der Waals surface area contributed by atoms with Gasteiger partial charge in [0.1, 0.15) is 16.4 Å². The Morgan fingerprint density at radius 1 is 0.524 bits per heavy atom. The van der Waals surface area contributed by atoms with Crippen LogP contribution >= 0.6 is 45.3 Å². The van der Waals surface area contributed by atoms with Crippen LogP contribution in [0.1, 0.15) is 145 Å². The van der Waals surface area contributed by atoms with E-state index in [2.05, 4.69) is 101 Å². The molecular formula is C54H63NO4S4. The van der Waals surface area contributed by atoms with E-state index in [9.17, 15) is 9.59 Å². The number of nitrogens with zero attached hydrogens (tertiary/aromatic N) is 1. The quantitative estimate of drug-likeness (QED) is 0.0448. The molecule has 2 amide bonds. The van der Waals surface area contributed by atoms with Gasteiger partial charge in [0.25, 0.3) is 11.8 Å². The van der Waals surface area contributed by atoms with Crippen molar-refractivity contribution in [2.45, 2.75) is 125 Å².